The second kappa shape index (κ2) is 4.64. The van der Waals surface area contributed by atoms with E-state index in [0.29, 0.717) is 13.0 Å². The van der Waals surface area contributed by atoms with Gasteiger partial charge in [0.2, 0.25) is 0 Å². The van der Waals surface area contributed by atoms with Crippen LogP contribution >= 0.6 is 12.4 Å². The maximum atomic E-state index is 11.0. The van der Waals surface area contributed by atoms with Gasteiger partial charge in [0.25, 0.3) is 0 Å². The maximum Gasteiger partial charge on any atom is 0.339 e. The number of halogens is 1. The molecule has 72 valence electrons. The Morgan fingerprint density at radius 1 is 1.67 bits per heavy atom. The lowest BCUT2D eigenvalue weighted by molar-refractivity contribution is -0.163. The van der Waals surface area contributed by atoms with Crippen LogP contribution in [0.4, 0.5) is 0 Å². The number of carbonyl (C=O) groups is 1. The summed E-state index contributed by atoms with van der Waals surface area (Å²) in [6, 6.07) is 0. The summed E-state index contributed by atoms with van der Waals surface area (Å²) in [7, 11) is 1.29. The Balaban J connectivity index is 0.00000121. The molecule has 2 N–H and O–H groups in total. The van der Waals surface area contributed by atoms with E-state index in [9.17, 15) is 9.90 Å². The molecule has 1 heterocycles. The number of hydrogen-bond donors (Lipinski definition) is 2. The standard InChI is InChI=1S/C7H13NO3.ClH/c1-11-6(9)7(10)3-2-4-8-5-7;/h8,10H,2-5H2,1H3;1H. The van der Waals surface area contributed by atoms with Crippen LogP contribution in [0.1, 0.15) is 12.8 Å². The third kappa shape index (κ3) is 2.33. The number of methoxy groups -OCH3 is 1. The minimum absolute atomic E-state index is 0. The molecule has 5 heteroatoms. The first-order valence-corrected chi connectivity index (χ1v) is 3.70. The Labute approximate surface area is 77.7 Å². The van der Waals surface area contributed by atoms with Gasteiger partial charge in [-0.15, -0.1) is 12.4 Å². The summed E-state index contributed by atoms with van der Waals surface area (Å²) >= 11 is 0. The fraction of sp³-hybridized carbons (Fsp3) is 0.857. The quantitative estimate of drug-likeness (QED) is 0.564. The van der Waals surface area contributed by atoms with Gasteiger partial charge in [-0.25, -0.2) is 4.79 Å². The van der Waals surface area contributed by atoms with Crippen LogP contribution in [0, 0.1) is 0 Å². The molecule has 0 aromatic heterocycles. The second-order valence-electron chi connectivity index (χ2n) is 2.80. The molecule has 1 unspecified atom stereocenters. The first-order chi connectivity index (χ1) is 5.19. The van der Waals surface area contributed by atoms with Gasteiger partial charge in [-0.05, 0) is 19.4 Å². The predicted octanol–water partition coefficient (Wildman–Crippen LogP) is -0.304. The van der Waals surface area contributed by atoms with Crippen LogP contribution in [0.2, 0.25) is 0 Å². The van der Waals surface area contributed by atoms with Crippen molar-refractivity contribution in [3.63, 3.8) is 0 Å². The number of esters is 1. The molecule has 0 aromatic carbocycles. The zero-order valence-corrected chi connectivity index (χ0v) is 7.82. The highest BCUT2D eigenvalue weighted by Gasteiger charge is 2.38. The SMILES string of the molecule is COC(=O)C1(O)CCCNC1.Cl. The van der Waals surface area contributed by atoms with Gasteiger partial charge in [0.1, 0.15) is 0 Å². The Morgan fingerprint density at radius 2 is 2.33 bits per heavy atom. The number of hydrogen-bond acceptors (Lipinski definition) is 4. The van der Waals surface area contributed by atoms with Crippen molar-refractivity contribution in [2.24, 2.45) is 0 Å². The predicted molar refractivity (Wildman–Crippen MR) is 46.3 cm³/mol. The van der Waals surface area contributed by atoms with Crippen LogP contribution in [0.15, 0.2) is 0 Å². The summed E-state index contributed by atoms with van der Waals surface area (Å²) in [5.74, 6) is -0.537. The van der Waals surface area contributed by atoms with E-state index in [1.807, 2.05) is 0 Å². The lowest BCUT2D eigenvalue weighted by Crippen LogP contribution is -2.51. The maximum absolute atomic E-state index is 11.0. The molecule has 1 aliphatic rings. The molecule has 1 aliphatic heterocycles. The molecule has 0 aliphatic carbocycles. The highest BCUT2D eigenvalue weighted by Crippen LogP contribution is 2.16. The summed E-state index contributed by atoms with van der Waals surface area (Å²) in [5, 5.41) is 12.5. The van der Waals surface area contributed by atoms with Crippen LogP contribution in [0.3, 0.4) is 0 Å². The number of β-amino-alcohol motifs (C(OH)–C–C–N with tert-alkyl or cyclic N) is 1. The highest BCUT2D eigenvalue weighted by atomic mass is 35.5. The van der Waals surface area contributed by atoms with Gasteiger partial charge in [-0.1, -0.05) is 0 Å². The van der Waals surface area contributed by atoms with Gasteiger partial charge < -0.3 is 15.2 Å². The van der Waals surface area contributed by atoms with E-state index in [0.717, 1.165) is 13.0 Å². The van der Waals surface area contributed by atoms with Gasteiger partial charge >= 0.3 is 5.97 Å². The Hall–Kier alpha value is -0.320. The van der Waals surface area contributed by atoms with Gasteiger partial charge in [0, 0.05) is 6.54 Å². The summed E-state index contributed by atoms with van der Waals surface area (Å²) in [4.78, 5) is 11.0. The van der Waals surface area contributed by atoms with Gasteiger partial charge in [0.05, 0.1) is 7.11 Å². The van der Waals surface area contributed by atoms with Gasteiger partial charge in [0.15, 0.2) is 5.60 Å². The third-order valence-corrected chi connectivity index (χ3v) is 1.93. The molecule has 4 nitrogen and oxygen atoms in total. The molecular formula is C7H14ClNO3. The Bertz CT molecular complexity index is 157. The molecule has 1 rings (SSSR count). The molecule has 0 radical (unpaired) electrons. The van der Waals surface area contributed by atoms with Crippen LogP contribution in [-0.2, 0) is 9.53 Å². The van der Waals surface area contributed by atoms with Gasteiger partial charge in [-0.2, -0.15) is 0 Å². The first-order valence-electron chi connectivity index (χ1n) is 3.70. The first kappa shape index (κ1) is 11.7. The highest BCUT2D eigenvalue weighted by molar-refractivity contribution is 5.85. The monoisotopic (exact) mass is 195 g/mol. The summed E-state index contributed by atoms with van der Waals surface area (Å²) in [6.07, 6.45) is 1.30. The number of aliphatic hydroxyl groups is 1. The molecule has 0 saturated carbocycles. The number of piperidine rings is 1. The van der Waals surface area contributed by atoms with Crippen molar-refractivity contribution in [1.82, 2.24) is 5.32 Å². The fourth-order valence-electron chi connectivity index (χ4n) is 1.25. The summed E-state index contributed by atoms with van der Waals surface area (Å²) < 4.78 is 4.46. The molecule has 1 saturated heterocycles. The zero-order chi connectivity index (χ0) is 8.32. The van der Waals surface area contributed by atoms with E-state index in [2.05, 4.69) is 10.1 Å². The van der Waals surface area contributed by atoms with E-state index in [1.54, 1.807) is 0 Å². The van der Waals surface area contributed by atoms with Crippen molar-refractivity contribution in [3.05, 3.63) is 0 Å². The molecule has 1 atom stereocenters. The van der Waals surface area contributed by atoms with Crippen molar-refractivity contribution in [1.29, 1.82) is 0 Å². The van der Waals surface area contributed by atoms with Crippen molar-refractivity contribution in [2.45, 2.75) is 18.4 Å². The molecule has 0 spiro atoms. The lowest BCUT2D eigenvalue weighted by Gasteiger charge is -2.29. The van der Waals surface area contributed by atoms with Crippen LogP contribution < -0.4 is 5.32 Å². The summed E-state index contributed by atoms with van der Waals surface area (Å²) in [6.45, 7) is 1.17. The van der Waals surface area contributed by atoms with E-state index in [-0.39, 0.29) is 12.4 Å². The van der Waals surface area contributed by atoms with Crippen molar-refractivity contribution >= 4 is 18.4 Å². The van der Waals surface area contributed by atoms with Crippen LogP contribution in [-0.4, -0.2) is 36.9 Å². The molecule has 12 heavy (non-hydrogen) atoms. The van der Waals surface area contributed by atoms with Gasteiger partial charge in [-0.3, -0.25) is 0 Å². The zero-order valence-electron chi connectivity index (χ0n) is 7.00. The normalized spacial score (nSPS) is 28.8. The van der Waals surface area contributed by atoms with E-state index < -0.39 is 11.6 Å². The topological polar surface area (TPSA) is 58.6 Å². The van der Waals surface area contributed by atoms with E-state index >= 15 is 0 Å². The van der Waals surface area contributed by atoms with E-state index in [1.165, 1.54) is 7.11 Å². The number of nitrogens with one attached hydrogen (secondary N) is 1. The average molecular weight is 196 g/mol. The fourth-order valence-corrected chi connectivity index (χ4v) is 1.25. The third-order valence-electron chi connectivity index (χ3n) is 1.93. The molecular weight excluding hydrogens is 182 g/mol. The largest absolute Gasteiger partial charge is 0.467 e. The minimum Gasteiger partial charge on any atom is -0.467 e. The van der Waals surface area contributed by atoms with Crippen molar-refractivity contribution < 1.29 is 14.6 Å². The molecule has 1 fully saturated rings. The van der Waals surface area contributed by atoms with Crippen LogP contribution in [0.5, 0.6) is 0 Å². The number of rotatable bonds is 1. The summed E-state index contributed by atoms with van der Waals surface area (Å²) in [5.41, 5.74) is -1.28. The smallest absolute Gasteiger partial charge is 0.339 e. The van der Waals surface area contributed by atoms with Crippen LogP contribution in [0.25, 0.3) is 0 Å². The number of ether oxygens (including phenoxy) is 1. The lowest BCUT2D eigenvalue weighted by atomic mass is 9.94. The van der Waals surface area contributed by atoms with Crippen molar-refractivity contribution in [2.75, 3.05) is 20.2 Å². The second-order valence-corrected chi connectivity index (χ2v) is 2.80. The Morgan fingerprint density at radius 3 is 2.75 bits per heavy atom. The minimum atomic E-state index is -1.28. The number of carbonyl (C=O) groups excluding carboxylic acids is 1. The average Bonchev–Trinajstić information content (AvgIpc) is 2.04. The molecule has 0 amide bonds. The Kier molecular flexibility index (Phi) is 4.52. The van der Waals surface area contributed by atoms with Crippen molar-refractivity contribution in [3.8, 4) is 0 Å². The molecule has 0 bridgehead atoms. The molecule has 0 aromatic rings. The van der Waals surface area contributed by atoms with E-state index in [4.69, 9.17) is 0 Å².